The highest BCUT2D eigenvalue weighted by molar-refractivity contribution is 7.46. The summed E-state index contributed by atoms with van der Waals surface area (Å²) in [6.07, 6.45) is 1.48. The molecule has 2 amide bonds. The monoisotopic (exact) mass is 506 g/mol. The van der Waals surface area contributed by atoms with Crippen LogP contribution in [0.2, 0.25) is 0 Å². The zero-order valence-electron chi connectivity index (χ0n) is 18.0. The molecular weight excluding hydrogens is 483 g/mol. The Morgan fingerprint density at radius 3 is 2.65 bits per heavy atom. The van der Waals surface area contributed by atoms with Crippen molar-refractivity contribution >= 4 is 47.0 Å². The maximum absolute atomic E-state index is 12.4. The molecule has 3 aromatic rings. The van der Waals surface area contributed by atoms with Crippen molar-refractivity contribution in [3.63, 3.8) is 0 Å². The van der Waals surface area contributed by atoms with Gasteiger partial charge in [-0.15, -0.1) is 11.3 Å². The van der Waals surface area contributed by atoms with Crippen LogP contribution in [-0.4, -0.2) is 75.7 Å². The largest absolute Gasteiger partial charge is 0.524 e. The van der Waals surface area contributed by atoms with Crippen molar-refractivity contribution < 1.29 is 28.5 Å². The highest BCUT2D eigenvalue weighted by Gasteiger charge is 2.22. The number of rotatable bonds is 8. The Morgan fingerprint density at radius 2 is 1.94 bits per heavy atom. The minimum Gasteiger partial charge on any atom is -0.404 e. The van der Waals surface area contributed by atoms with Gasteiger partial charge in [-0.3, -0.25) is 24.3 Å². The third kappa shape index (κ3) is 5.88. The van der Waals surface area contributed by atoms with E-state index in [9.17, 15) is 14.2 Å². The number of aromatic nitrogens is 2. The van der Waals surface area contributed by atoms with Gasteiger partial charge in [-0.1, -0.05) is 6.07 Å². The summed E-state index contributed by atoms with van der Waals surface area (Å²) >= 11 is 1.29. The van der Waals surface area contributed by atoms with E-state index in [1.54, 1.807) is 6.07 Å². The average Bonchev–Trinajstić information content (AvgIpc) is 3.24. The quantitative estimate of drug-likeness (QED) is 0.321. The van der Waals surface area contributed by atoms with Crippen LogP contribution in [0.5, 0.6) is 5.75 Å². The molecule has 0 unspecified atom stereocenters. The summed E-state index contributed by atoms with van der Waals surface area (Å²) < 4.78 is 16.3. The van der Waals surface area contributed by atoms with Gasteiger partial charge in [-0.2, -0.15) is 0 Å². The van der Waals surface area contributed by atoms with Crippen molar-refractivity contribution in [2.75, 3.05) is 44.2 Å². The lowest BCUT2D eigenvalue weighted by molar-refractivity contribution is 0.0946. The van der Waals surface area contributed by atoms with Gasteiger partial charge in [0.25, 0.3) is 11.8 Å². The van der Waals surface area contributed by atoms with Crippen LogP contribution in [0.3, 0.4) is 0 Å². The molecule has 0 aliphatic carbocycles. The highest BCUT2D eigenvalue weighted by atomic mass is 32.1. The molecule has 0 bridgehead atoms. The fraction of sp³-hybridized carbons (Fsp3) is 0.300. The summed E-state index contributed by atoms with van der Waals surface area (Å²) in [5.74, 6) is -0.138. The van der Waals surface area contributed by atoms with Crippen LogP contribution >= 0.6 is 19.2 Å². The molecule has 4 rings (SSSR count). The van der Waals surface area contributed by atoms with Crippen LogP contribution in [0.25, 0.3) is 10.2 Å². The maximum atomic E-state index is 12.4. The Hall–Kier alpha value is -3.09. The molecule has 180 valence electrons. The molecule has 1 aliphatic heterocycles. The number of carbonyl (C=O) groups is 2. The number of phosphoric acid groups is 1. The predicted octanol–water partition coefficient (Wildman–Crippen LogP) is 0.814. The van der Waals surface area contributed by atoms with Crippen LogP contribution in [0.4, 0.5) is 5.82 Å². The van der Waals surface area contributed by atoms with E-state index in [0.29, 0.717) is 23.5 Å². The number of amides is 2. The van der Waals surface area contributed by atoms with E-state index in [0.717, 1.165) is 36.7 Å². The molecular formula is C20H23N6O6PS. The molecule has 34 heavy (non-hydrogen) atoms. The van der Waals surface area contributed by atoms with E-state index >= 15 is 0 Å². The third-order valence-corrected chi connectivity index (χ3v) is 6.82. The molecule has 0 atom stereocenters. The first-order chi connectivity index (χ1) is 16.2. The number of hydrogen-bond donors (Lipinski definition) is 4. The fourth-order valence-electron chi connectivity index (χ4n) is 3.63. The number of phosphoric ester groups is 1. The van der Waals surface area contributed by atoms with Crippen molar-refractivity contribution in [1.29, 1.82) is 0 Å². The molecule has 1 saturated heterocycles. The zero-order chi connectivity index (χ0) is 24.3. The van der Waals surface area contributed by atoms with Crippen molar-refractivity contribution in [3.8, 4) is 5.75 Å². The number of nitrogens with one attached hydrogen (secondary N) is 1. The van der Waals surface area contributed by atoms with E-state index in [-0.39, 0.29) is 17.2 Å². The summed E-state index contributed by atoms with van der Waals surface area (Å²) in [5.41, 5.74) is 6.34. The van der Waals surface area contributed by atoms with Crippen LogP contribution in [0.1, 0.15) is 20.0 Å². The first-order valence-corrected chi connectivity index (χ1v) is 12.7. The van der Waals surface area contributed by atoms with Gasteiger partial charge in [-0.25, -0.2) is 14.5 Å². The standard InChI is InChI=1S/C20H23N6O6PS/c21-18(27)16-11-15-17(34-16)19(24-12-23-15)26-8-6-25(7-9-26)5-4-22-20(28)13-2-1-3-14(10-13)32-33(29,30)31/h1-3,10-12H,4-9H2,(H2,21,27)(H,22,28)(H2,29,30,31). The minimum atomic E-state index is -4.69. The molecule has 0 radical (unpaired) electrons. The van der Waals surface area contributed by atoms with Crippen LogP contribution in [0, 0.1) is 0 Å². The van der Waals surface area contributed by atoms with E-state index < -0.39 is 13.7 Å². The van der Waals surface area contributed by atoms with Crippen LogP contribution in [0.15, 0.2) is 36.7 Å². The van der Waals surface area contributed by atoms with Gasteiger partial charge in [0.2, 0.25) is 0 Å². The number of anilines is 1. The Kier molecular flexibility index (Phi) is 7.10. The number of fused-ring (bicyclic) bond motifs is 1. The molecule has 5 N–H and O–H groups in total. The first kappa shape index (κ1) is 24.0. The Labute approximate surface area is 198 Å². The third-order valence-electron chi connectivity index (χ3n) is 5.24. The Balaban J connectivity index is 1.28. The molecule has 0 spiro atoms. The van der Waals surface area contributed by atoms with Gasteiger partial charge in [0.05, 0.1) is 15.1 Å². The molecule has 1 aliphatic rings. The van der Waals surface area contributed by atoms with E-state index in [2.05, 4.69) is 29.6 Å². The number of primary amides is 1. The smallest absolute Gasteiger partial charge is 0.404 e. The summed E-state index contributed by atoms with van der Waals surface area (Å²) in [5, 5.41) is 2.81. The second kappa shape index (κ2) is 10.0. The number of hydrogen-bond acceptors (Lipinski definition) is 9. The second-order valence-electron chi connectivity index (χ2n) is 7.58. The molecule has 0 saturated carbocycles. The molecule has 3 heterocycles. The Bertz CT molecular complexity index is 1260. The van der Waals surface area contributed by atoms with Gasteiger partial charge in [0.1, 0.15) is 17.9 Å². The predicted molar refractivity (Wildman–Crippen MR) is 126 cm³/mol. The summed E-state index contributed by atoms with van der Waals surface area (Å²) in [7, 11) is -4.69. The molecule has 2 aromatic heterocycles. The summed E-state index contributed by atoms with van der Waals surface area (Å²) in [6, 6.07) is 7.36. The lowest BCUT2D eigenvalue weighted by Gasteiger charge is -2.35. The summed E-state index contributed by atoms with van der Waals surface area (Å²) in [4.78, 5) is 55.2. The van der Waals surface area contributed by atoms with Crippen LogP contribution < -0.4 is 20.5 Å². The first-order valence-electron chi connectivity index (χ1n) is 10.3. The number of benzene rings is 1. The Morgan fingerprint density at radius 1 is 1.18 bits per heavy atom. The van der Waals surface area contributed by atoms with Gasteiger partial charge in [0, 0.05) is 44.8 Å². The minimum absolute atomic E-state index is 0.0791. The SMILES string of the molecule is NC(=O)c1cc2ncnc(N3CCN(CCNC(=O)c4cccc(OP(=O)(O)O)c4)CC3)c2s1. The lowest BCUT2D eigenvalue weighted by atomic mass is 10.2. The topological polar surface area (TPSA) is 171 Å². The average molecular weight is 506 g/mol. The number of nitrogens with zero attached hydrogens (tertiary/aromatic N) is 4. The molecule has 1 aromatic carbocycles. The van der Waals surface area contributed by atoms with Gasteiger partial charge in [-0.05, 0) is 24.3 Å². The van der Waals surface area contributed by atoms with Crippen LogP contribution in [-0.2, 0) is 4.57 Å². The zero-order valence-corrected chi connectivity index (χ0v) is 19.7. The van der Waals surface area contributed by atoms with Crippen molar-refractivity contribution in [2.45, 2.75) is 0 Å². The van der Waals surface area contributed by atoms with Gasteiger partial charge in [0.15, 0.2) is 0 Å². The van der Waals surface area contributed by atoms with Gasteiger partial charge < -0.3 is 20.5 Å². The van der Waals surface area contributed by atoms with E-state index in [1.807, 2.05) is 0 Å². The van der Waals surface area contributed by atoms with Gasteiger partial charge >= 0.3 is 7.82 Å². The maximum Gasteiger partial charge on any atom is 0.524 e. The fourth-order valence-corrected chi connectivity index (χ4v) is 5.00. The number of carbonyl (C=O) groups excluding carboxylic acids is 2. The van der Waals surface area contributed by atoms with Crippen molar-refractivity contribution in [2.24, 2.45) is 5.73 Å². The summed E-state index contributed by atoms with van der Waals surface area (Å²) in [6.45, 7) is 4.04. The van der Waals surface area contributed by atoms with E-state index in [4.69, 9.17) is 15.5 Å². The van der Waals surface area contributed by atoms with Crippen molar-refractivity contribution in [3.05, 3.63) is 47.1 Å². The molecule has 1 fully saturated rings. The number of piperazine rings is 1. The molecule has 12 nitrogen and oxygen atoms in total. The number of thiophene rings is 1. The highest BCUT2D eigenvalue weighted by Crippen LogP contribution is 2.37. The molecule has 14 heteroatoms. The van der Waals surface area contributed by atoms with E-state index in [1.165, 1.54) is 41.9 Å². The van der Waals surface area contributed by atoms with Crippen molar-refractivity contribution in [1.82, 2.24) is 20.2 Å². The lowest BCUT2D eigenvalue weighted by Crippen LogP contribution is -2.48. The normalized spacial score (nSPS) is 14.8. The second-order valence-corrected chi connectivity index (χ2v) is 9.80. The number of nitrogens with two attached hydrogens (primary N) is 1.